The summed E-state index contributed by atoms with van der Waals surface area (Å²) in [4.78, 5) is 13.2. The van der Waals surface area contributed by atoms with E-state index in [2.05, 4.69) is 19.2 Å². The fourth-order valence-electron chi connectivity index (χ4n) is 3.98. The summed E-state index contributed by atoms with van der Waals surface area (Å²) in [6.07, 6.45) is 1.09. The maximum atomic E-state index is 13.2. The van der Waals surface area contributed by atoms with E-state index in [0.29, 0.717) is 11.4 Å². The van der Waals surface area contributed by atoms with Crippen LogP contribution < -0.4 is 19.1 Å². The minimum atomic E-state index is -3.77. The Morgan fingerprint density at radius 3 is 2.06 bits per heavy atom. The standard InChI is InChI=1S/C25H36N2O5S/c1-15(2)20-14-21(17(4)13-24(20)32-8)18(5)26-25(28)19(6)27(33(9,29)30)22-12-16(3)10-11-23(22)31-7/h10-15,18-19H,1-9H3,(H,26,28)/t18-,19-/m0/s1. The Hall–Kier alpha value is -2.74. The fourth-order valence-corrected chi connectivity index (χ4v) is 5.15. The van der Waals surface area contributed by atoms with Crippen LogP contribution >= 0.6 is 0 Å². The molecular weight excluding hydrogens is 440 g/mol. The van der Waals surface area contributed by atoms with Gasteiger partial charge in [-0.3, -0.25) is 9.10 Å². The van der Waals surface area contributed by atoms with E-state index in [0.717, 1.165) is 38.6 Å². The molecule has 0 unspecified atom stereocenters. The van der Waals surface area contributed by atoms with Crippen molar-refractivity contribution in [3.8, 4) is 11.5 Å². The van der Waals surface area contributed by atoms with Crippen molar-refractivity contribution in [2.75, 3.05) is 24.8 Å². The van der Waals surface area contributed by atoms with Gasteiger partial charge in [-0.25, -0.2) is 8.42 Å². The second-order valence-electron chi connectivity index (χ2n) is 8.75. The molecule has 0 aromatic heterocycles. The van der Waals surface area contributed by atoms with Gasteiger partial charge in [0.25, 0.3) is 0 Å². The van der Waals surface area contributed by atoms with Gasteiger partial charge in [-0.1, -0.05) is 19.9 Å². The largest absolute Gasteiger partial charge is 0.496 e. The number of anilines is 1. The number of hydrogen-bond donors (Lipinski definition) is 1. The van der Waals surface area contributed by atoms with Crippen molar-refractivity contribution < 1.29 is 22.7 Å². The van der Waals surface area contributed by atoms with Gasteiger partial charge in [0.15, 0.2) is 0 Å². The van der Waals surface area contributed by atoms with Crippen LogP contribution in [-0.4, -0.2) is 40.8 Å². The van der Waals surface area contributed by atoms with Crippen LogP contribution in [0.5, 0.6) is 11.5 Å². The summed E-state index contributed by atoms with van der Waals surface area (Å²) in [6, 6.07) is 7.93. The molecular formula is C25H36N2O5S. The van der Waals surface area contributed by atoms with E-state index >= 15 is 0 Å². The van der Waals surface area contributed by atoms with Crippen LogP contribution in [0.1, 0.15) is 61.9 Å². The summed E-state index contributed by atoms with van der Waals surface area (Å²) in [5, 5.41) is 2.99. The van der Waals surface area contributed by atoms with Gasteiger partial charge >= 0.3 is 0 Å². The average molecular weight is 477 g/mol. The molecule has 0 heterocycles. The molecule has 0 aliphatic rings. The highest BCUT2D eigenvalue weighted by Gasteiger charge is 2.32. The summed E-state index contributed by atoms with van der Waals surface area (Å²) in [7, 11) is -0.653. The molecule has 33 heavy (non-hydrogen) atoms. The molecule has 2 aromatic carbocycles. The van der Waals surface area contributed by atoms with Crippen molar-refractivity contribution in [3.05, 3.63) is 52.6 Å². The summed E-state index contributed by atoms with van der Waals surface area (Å²) >= 11 is 0. The molecule has 2 atom stereocenters. The predicted octanol–water partition coefficient (Wildman–Crippen LogP) is 4.48. The topological polar surface area (TPSA) is 84.9 Å². The van der Waals surface area contributed by atoms with E-state index in [1.165, 1.54) is 7.11 Å². The van der Waals surface area contributed by atoms with Gasteiger partial charge in [-0.05, 0) is 80.1 Å². The first-order valence-corrected chi connectivity index (χ1v) is 12.8. The molecule has 182 valence electrons. The average Bonchev–Trinajstić information content (AvgIpc) is 2.72. The molecule has 0 bridgehead atoms. The van der Waals surface area contributed by atoms with Gasteiger partial charge in [0.2, 0.25) is 15.9 Å². The molecule has 0 radical (unpaired) electrons. The smallest absolute Gasteiger partial charge is 0.244 e. The van der Waals surface area contributed by atoms with E-state index < -0.39 is 22.0 Å². The molecule has 1 N–H and O–H groups in total. The first-order valence-electron chi connectivity index (χ1n) is 10.9. The Labute approximate surface area is 198 Å². The number of hydrogen-bond acceptors (Lipinski definition) is 5. The van der Waals surface area contributed by atoms with Gasteiger partial charge in [0.1, 0.15) is 17.5 Å². The first kappa shape index (κ1) is 26.5. The van der Waals surface area contributed by atoms with Gasteiger partial charge in [-0.15, -0.1) is 0 Å². The van der Waals surface area contributed by atoms with Crippen molar-refractivity contribution in [2.45, 2.75) is 59.5 Å². The molecule has 0 fully saturated rings. The third kappa shape index (κ3) is 5.99. The summed E-state index contributed by atoms with van der Waals surface area (Å²) < 4.78 is 37.5. The van der Waals surface area contributed by atoms with Crippen molar-refractivity contribution in [1.82, 2.24) is 5.32 Å². The van der Waals surface area contributed by atoms with Crippen molar-refractivity contribution in [3.63, 3.8) is 0 Å². The van der Waals surface area contributed by atoms with Crippen LogP contribution in [0.3, 0.4) is 0 Å². The molecule has 8 heteroatoms. The molecule has 0 aliphatic heterocycles. The second-order valence-corrected chi connectivity index (χ2v) is 10.6. The quantitative estimate of drug-likeness (QED) is 0.577. The third-order valence-corrected chi connectivity index (χ3v) is 6.95. The van der Waals surface area contributed by atoms with E-state index in [-0.39, 0.29) is 12.0 Å². The zero-order chi connectivity index (χ0) is 25.1. The molecule has 0 saturated heterocycles. The number of aryl methyl sites for hydroxylation is 2. The van der Waals surface area contributed by atoms with Crippen molar-refractivity contribution in [2.24, 2.45) is 0 Å². The number of methoxy groups -OCH3 is 2. The highest BCUT2D eigenvalue weighted by Crippen LogP contribution is 2.34. The van der Waals surface area contributed by atoms with Crippen LogP contribution in [0.25, 0.3) is 0 Å². The summed E-state index contributed by atoms with van der Waals surface area (Å²) in [5.74, 6) is 1.03. The number of carbonyl (C=O) groups is 1. The molecule has 0 aliphatic carbocycles. The number of carbonyl (C=O) groups excluding carboxylic acids is 1. The van der Waals surface area contributed by atoms with Crippen LogP contribution in [0.2, 0.25) is 0 Å². The second kappa shape index (κ2) is 10.5. The van der Waals surface area contributed by atoms with Crippen molar-refractivity contribution in [1.29, 1.82) is 0 Å². The number of nitrogens with zero attached hydrogens (tertiary/aromatic N) is 1. The van der Waals surface area contributed by atoms with E-state index in [9.17, 15) is 13.2 Å². The van der Waals surface area contributed by atoms with Crippen LogP contribution in [0, 0.1) is 13.8 Å². The third-order valence-electron chi connectivity index (χ3n) is 5.73. The molecule has 0 saturated carbocycles. The van der Waals surface area contributed by atoms with E-state index in [1.54, 1.807) is 26.2 Å². The molecule has 0 spiro atoms. The maximum Gasteiger partial charge on any atom is 0.244 e. The van der Waals surface area contributed by atoms with Gasteiger partial charge < -0.3 is 14.8 Å². The predicted molar refractivity (Wildman–Crippen MR) is 133 cm³/mol. The Morgan fingerprint density at radius 1 is 0.939 bits per heavy atom. The Kier molecular flexibility index (Phi) is 8.41. The van der Waals surface area contributed by atoms with E-state index in [4.69, 9.17) is 9.47 Å². The Balaban J connectivity index is 2.41. The lowest BCUT2D eigenvalue weighted by atomic mass is 9.93. The zero-order valence-electron chi connectivity index (χ0n) is 21.0. The van der Waals surface area contributed by atoms with E-state index in [1.807, 2.05) is 39.0 Å². The van der Waals surface area contributed by atoms with Crippen LogP contribution in [0.15, 0.2) is 30.3 Å². The minimum Gasteiger partial charge on any atom is -0.496 e. The minimum absolute atomic E-state index is 0.246. The SMILES string of the molecule is COc1cc(C)c([C@H](C)NC(=O)[C@H](C)N(c2cc(C)ccc2OC)S(C)(=O)=O)cc1C(C)C. The summed E-state index contributed by atoms with van der Waals surface area (Å²) in [6.45, 7) is 11.5. The number of benzene rings is 2. The van der Waals surface area contributed by atoms with Gasteiger partial charge in [-0.2, -0.15) is 0 Å². The molecule has 1 amide bonds. The molecule has 2 aromatic rings. The monoisotopic (exact) mass is 476 g/mol. The van der Waals surface area contributed by atoms with Gasteiger partial charge in [0.05, 0.1) is 32.2 Å². The fraction of sp³-hybridized carbons (Fsp3) is 0.480. The number of sulfonamides is 1. The highest BCUT2D eigenvalue weighted by molar-refractivity contribution is 7.92. The first-order chi connectivity index (χ1) is 15.3. The Morgan fingerprint density at radius 2 is 1.55 bits per heavy atom. The highest BCUT2D eigenvalue weighted by atomic mass is 32.2. The number of rotatable bonds is 9. The lowest BCUT2D eigenvalue weighted by Gasteiger charge is -2.31. The van der Waals surface area contributed by atoms with Crippen LogP contribution in [-0.2, 0) is 14.8 Å². The molecule has 7 nitrogen and oxygen atoms in total. The number of ether oxygens (including phenoxy) is 2. The lowest BCUT2D eigenvalue weighted by Crippen LogP contribution is -2.48. The summed E-state index contributed by atoms with van der Waals surface area (Å²) in [5.41, 5.74) is 4.18. The number of amides is 1. The zero-order valence-corrected chi connectivity index (χ0v) is 21.8. The van der Waals surface area contributed by atoms with Crippen LogP contribution in [0.4, 0.5) is 5.69 Å². The Bertz CT molecular complexity index is 1110. The molecule has 2 rings (SSSR count). The maximum absolute atomic E-state index is 13.2. The van der Waals surface area contributed by atoms with Gasteiger partial charge in [0, 0.05) is 0 Å². The number of nitrogens with one attached hydrogen (secondary N) is 1. The normalized spacial score (nSPS) is 13.4. The lowest BCUT2D eigenvalue weighted by molar-refractivity contribution is -0.122. The van der Waals surface area contributed by atoms with Crippen molar-refractivity contribution >= 4 is 21.6 Å².